The highest BCUT2D eigenvalue weighted by atomic mass is 32.1. The first kappa shape index (κ1) is 23.3. The van der Waals surface area contributed by atoms with Crippen LogP contribution in [0.2, 0.25) is 0 Å². The van der Waals surface area contributed by atoms with E-state index < -0.39 is 7.32 Å². The van der Waals surface area contributed by atoms with Crippen molar-refractivity contribution in [2.45, 2.75) is 79.1 Å². The molecule has 23 heavy (non-hydrogen) atoms. The minimum Gasteiger partial charge on any atom is -0.386 e. The van der Waals surface area contributed by atoms with E-state index in [0.717, 1.165) is 24.7 Å². The van der Waals surface area contributed by atoms with E-state index in [4.69, 9.17) is 14.0 Å². The largest absolute Gasteiger partial charge is 0.639 e. The van der Waals surface area contributed by atoms with Crippen molar-refractivity contribution in [3.63, 3.8) is 0 Å². The maximum Gasteiger partial charge on any atom is 0.639 e. The molecule has 0 N–H and O–H groups in total. The van der Waals surface area contributed by atoms with Gasteiger partial charge in [0.15, 0.2) is 0 Å². The van der Waals surface area contributed by atoms with Crippen LogP contribution in [0.4, 0.5) is 0 Å². The topological polar surface area (TPSA) is 27.7 Å². The molecule has 0 heterocycles. The Balaban J connectivity index is 3.63. The molecule has 3 nitrogen and oxygen atoms in total. The summed E-state index contributed by atoms with van der Waals surface area (Å²) in [7, 11) is -0.516. The highest BCUT2D eigenvalue weighted by Gasteiger charge is 2.20. The van der Waals surface area contributed by atoms with Gasteiger partial charge in [0.05, 0.1) is 0 Å². The smallest absolute Gasteiger partial charge is 0.386 e. The fourth-order valence-corrected chi connectivity index (χ4v) is 2.42. The van der Waals surface area contributed by atoms with Gasteiger partial charge in [-0.25, -0.2) is 0 Å². The van der Waals surface area contributed by atoms with Gasteiger partial charge in [-0.3, -0.25) is 0 Å². The normalized spacial score (nSPS) is 11.6. The molecule has 0 spiro atoms. The number of rotatable bonds is 17. The minimum atomic E-state index is -0.516. The third-order valence-corrected chi connectivity index (χ3v) is 3.89. The molecule has 0 bridgehead atoms. The van der Waals surface area contributed by atoms with Crippen LogP contribution in [0.3, 0.4) is 0 Å². The lowest BCUT2D eigenvalue weighted by molar-refractivity contribution is 0.0949. The highest BCUT2D eigenvalue weighted by molar-refractivity contribution is 7.80. The van der Waals surface area contributed by atoms with Crippen LogP contribution in [0.25, 0.3) is 0 Å². The summed E-state index contributed by atoms with van der Waals surface area (Å²) in [5, 5.41) is 0. The second kappa shape index (κ2) is 17.1. The summed E-state index contributed by atoms with van der Waals surface area (Å²) in [6.45, 7) is 11.1. The average molecular weight is 346 g/mol. The van der Waals surface area contributed by atoms with Gasteiger partial charge in [0.2, 0.25) is 0 Å². The van der Waals surface area contributed by atoms with E-state index >= 15 is 0 Å². The molecule has 0 saturated carbocycles. The Morgan fingerprint density at radius 1 is 0.652 bits per heavy atom. The Morgan fingerprint density at radius 2 is 1.09 bits per heavy atom. The van der Waals surface area contributed by atoms with Crippen LogP contribution in [0, 0.1) is 11.8 Å². The molecule has 0 aromatic heterocycles. The van der Waals surface area contributed by atoms with Crippen LogP contribution >= 0.6 is 12.6 Å². The van der Waals surface area contributed by atoms with Crippen LogP contribution in [-0.2, 0) is 14.0 Å². The highest BCUT2D eigenvalue weighted by Crippen LogP contribution is 2.10. The maximum absolute atomic E-state index is 5.72. The Labute approximate surface area is 150 Å². The second-order valence-corrected chi connectivity index (χ2v) is 7.56. The molecule has 0 rings (SSSR count). The summed E-state index contributed by atoms with van der Waals surface area (Å²) in [4.78, 5) is 0. The van der Waals surface area contributed by atoms with Crippen LogP contribution in [0.5, 0.6) is 0 Å². The van der Waals surface area contributed by atoms with Crippen LogP contribution in [-0.4, -0.2) is 32.9 Å². The van der Waals surface area contributed by atoms with E-state index in [2.05, 4.69) is 40.3 Å². The van der Waals surface area contributed by atoms with Crippen molar-refractivity contribution in [2.24, 2.45) is 11.8 Å². The lowest BCUT2D eigenvalue weighted by Crippen LogP contribution is -2.29. The van der Waals surface area contributed by atoms with Crippen molar-refractivity contribution >= 4 is 20.0 Å². The Kier molecular flexibility index (Phi) is 17.3. The first-order valence-corrected chi connectivity index (χ1v) is 10.1. The molecule has 0 unspecified atom stereocenters. The van der Waals surface area contributed by atoms with Crippen molar-refractivity contribution in [3.8, 4) is 0 Å². The summed E-state index contributed by atoms with van der Waals surface area (Å²) in [6, 6.07) is 0. The van der Waals surface area contributed by atoms with Gasteiger partial charge in [0.1, 0.15) is 0 Å². The van der Waals surface area contributed by atoms with E-state index in [-0.39, 0.29) is 0 Å². The molecule has 0 aromatic carbocycles. The van der Waals surface area contributed by atoms with Crippen LogP contribution in [0.15, 0.2) is 0 Å². The third kappa shape index (κ3) is 18.5. The SMILES string of the molecule is CC(C)CCCCCOB(OCCS)OCCCCCC(C)C. The average Bonchev–Trinajstić information content (AvgIpc) is 2.50. The molecule has 0 aliphatic carbocycles. The maximum atomic E-state index is 5.72. The Morgan fingerprint density at radius 3 is 1.48 bits per heavy atom. The summed E-state index contributed by atoms with van der Waals surface area (Å²) >= 11 is 4.17. The molecule has 0 aliphatic rings. The summed E-state index contributed by atoms with van der Waals surface area (Å²) in [5.74, 6) is 2.27. The van der Waals surface area contributed by atoms with Crippen molar-refractivity contribution in [2.75, 3.05) is 25.6 Å². The fraction of sp³-hybridized carbons (Fsp3) is 1.00. The van der Waals surface area contributed by atoms with Gasteiger partial charge in [-0.1, -0.05) is 66.2 Å². The molecule has 0 saturated heterocycles. The number of hydrogen-bond donors (Lipinski definition) is 1. The van der Waals surface area contributed by atoms with Gasteiger partial charge in [-0.2, -0.15) is 12.6 Å². The lowest BCUT2D eigenvalue weighted by atomic mass is 10.1. The van der Waals surface area contributed by atoms with Crippen molar-refractivity contribution < 1.29 is 14.0 Å². The first-order chi connectivity index (χ1) is 11.1. The fourth-order valence-electron chi connectivity index (χ4n) is 2.32. The van der Waals surface area contributed by atoms with Gasteiger partial charge in [-0.15, -0.1) is 0 Å². The van der Waals surface area contributed by atoms with E-state index in [0.29, 0.717) is 25.6 Å². The van der Waals surface area contributed by atoms with Gasteiger partial charge in [-0.05, 0) is 24.7 Å². The van der Waals surface area contributed by atoms with Gasteiger partial charge >= 0.3 is 7.32 Å². The quantitative estimate of drug-likeness (QED) is 0.218. The molecule has 0 radical (unpaired) electrons. The zero-order chi connectivity index (χ0) is 17.3. The molecular formula is C18H39BO3S. The molecule has 0 aromatic rings. The van der Waals surface area contributed by atoms with Crippen LogP contribution in [0.1, 0.15) is 79.1 Å². The van der Waals surface area contributed by atoms with E-state index in [1.54, 1.807) is 0 Å². The lowest BCUT2D eigenvalue weighted by Gasteiger charge is -2.14. The molecule has 138 valence electrons. The second-order valence-electron chi connectivity index (χ2n) is 7.11. The minimum absolute atomic E-state index is 0.516. The first-order valence-electron chi connectivity index (χ1n) is 9.52. The zero-order valence-corrected chi connectivity index (χ0v) is 16.8. The molecular weight excluding hydrogens is 307 g/mol. The van der Waals surface area contributed by atoms with Gasteiger partial charge < -0.3 is 14.0 Å². The monoisotopic (exact) mass is 346 g/mol. The van der Waals surface area contributed by atoms with Gasteiger partial charge in [0, 0.05) is 25.6 Å². The standard InChI is InChI=1S/C18H39BO3S/c1-17(2)11-7-5-9-13-20-19(22-15-16-23)21-14-10-6-8-12-18(3)4/h17-18,23H,5-16H2,1-4H3. The van der Waals surface area contributed by atoms with Crippen molar-refractivity contribution in [1.29, 1.82) is 0 Å². The number of unbranched alkanes of at least 4 members (excludes halogenated alkanes) is 4. The summed E-state index contributed by atoms with van der Waals surface area (Å²) in [5.41, 5.74) is 0. The molecule has 5 heteroatoms. The van der Waals surface area contributed by atoms with Crippen molar-refractivity contribution in [3.05, 3.63) is 0 Å². The third-order valence-electron chi connectivity index (χ3n) is 3.70. The number of thiol groups is 1. The molecule has 0 aliphatic heterocycles. The zero-order valence-electron chi connectivity index (χ0n) is 15.9. The van der Waals surface area contributed by atoms with E-state index in [9.17, 15) is 0 Å². The van der Waals surface area contributed by atoms with Gasteiger partial charge in [0.25, 0.3) is 0 Å². The Hall–Kier alpha value is 0.295. The predicted molar refractivity (Wildman–Crippen MR) is 104 cm³/mol. The van der Waals surface area contributed by atoms with Crippen molar-refractivity contribution in [1.82, 2.24) is 0 Å². The predicted octanol–water partition coefficient (Wildman–Crippen LogP) is 5.38. The number of hydrogen-bond acceptors (Lipinski definition) is 4. The molecule has 0 fully saturated rings. The Bertz CT molecular complexity index is 220. The van der Waals surface area contributed by atoms with Crippen LogP contribution < -0.4 is 0 Å². The summed E-state index contributed by atoms with van der Waals surface area (Å²) < 4.78 is 17.0. The van der Waals surface area contributed by atoms with E-state index in [1.807, 2.05) is 0 Å². The molecule has 0 atom stereocenters. The molecule has 0 amide bonds. The summed E-state index contributed by atoms with van der Waals surface area (Å²) in [6.07, 6.45) is 9.73. The van der Waals surface area contributed by atoms with E-state index in [1.165, 1.54) is 38.5 Å².